The summed E-state index contributed by atoms with van der Waals surface area (Å²) in [6.45, 7) is 0.666. The van der Waals surface area contributed by atoms with Crippen molar-refractivity contribution in [2.75, 3.05) is 40.5 Å². The first-order valence-electron chi connectivity index (χ1n) is 10.8. The summed E-state index contributed by atoms with van der Waals surface area (Å²) in [6, 6.07) is 13.4. The van der Waals surface area contributed by atoms with Crippen LogP contribution in [-0.2, 0) is 30.8 Å². The summed E-state index contributed by atoms with van der Waals surface area (Å²) in [7, 11) is -0.806. The van der Waals surface area contributed by atoms with E-state index in [4.69, 9.17) is 14.2 Å². The summed E-state index contributed by atoms with van der Waals surface area (Å²) in [5.74, 6) is -0.436. The molecule has 1 atom stereocenters. The number of para-hydroxylation sites is 1. The Morgan fingerprint density at radius 2 is 1.74 bits per heavy atom. The van der Waals surface area contributed by atoms with Gasteiger partial charge in [-0.15, -0.1) is 0 Å². The van der Waals surface area contributed by atoms with Gasteiger partial charge in [-0.2, -0.15) is 4.31 Å². The molecule has 2 aromatic rings. The Balaban J connectivity index is 1.54. The Labute approximate surface area is 199 Å². The lowest BCUT2D eigenvalue weighted by Crippen LogP contribution is -2.53. The van der Waals surface area contributed by atoms with E-state index in [1.807, 2.05) is 24.3 Å². The molecule has 184 valence electrons. The van der Waals surface area contributed by atoms with Gasteiger partial charge in [-0.1, -0.05) is 18.2 Å². The number of nitrogens with one attached hydrogen (secondary N) is 2. The zero-order valence-corrected chi connectivity index (χ0v) is 20.0. The molecule has 2 amide bonds. The van der Waals surface area contributed by atoms with Crippen molar-refractivity contribution in [3.05, 3.63) is 54.1 Å². The number of ether oxygens (including phenoxy) is 3. The van der Waals surface area contributed by atoms with Crippen molar-refractivity contribution in [2.24, 2.45) is 0 Å². The normalized spacial score (nSPS) is 16.5. The molecule has 34 heavy (non-hydrogen) atoms. The van der Waals surface area contributed by atoms with Gasteiger partial charge in [0.05, 0.1) is 32.3 Å². The number of amides is 2. The molecule has 0 bridgehead atoms. The predicted octanol–water partition coefficient (Wildman–Crippen LogP) is 0.916. The third-order valence-electron chi connectivity index (χ3n) is 5.34. The minimum absolute atomic E-state index is 0.0872. The molecule has 2 aromatic carbocycles. The van der Waals surface area contributed by atoms with E-state index in [1.54, 1.807) is 19.2 Å². The lowest BCUT2D eigenvalue weighted by molar-refractivity contribution is -0.140. The van der Waals surface area contributed by atoms with Gasteiger partial charge in [0, 0.05) is 13.1 Å². The van der Waals surface area contributed by atoms with Crippen molar-refractivity contribution in [1.82, 2.24) is 14.9 Å². The Morgan fingerprint density at radius 3 is 2.44 bits per heavy atom. The van der Waals surface area contributed by atoms with Crippen LogP contribution in [-0.4, -0.2) is 71.2 Å². The van der Waals surface area contributed by atoms with Crippen LogP contribution in [0.15, 0.2) is 53.4 Å². The fraction of sp³-hybridized carbons (Fsp3) is 0.391. The fourth-order valence-corrected chi connectivity index (χ4v) is 5.11. The van der Waals surface area contributed by atoms with Crippen molar-refractivity contribution in [3.63, 3.8) is 0 Å². The van der Waals surface area contributed by atoms with Crippen LogP contribution in [0.1, 0.15) is 12.0 Å². The molecule has 1 heterocycles. The summed E-state index contributed by atoms with van der Waals surface area (Å²) in [5.41, 5.74) is 0.903. The number of nitrogens with zero attached hydrogens (tertiary/aromatic N) is 1. The summed E-state index contributed by atoms with van der Waals surface area (Å²) < 4.78 is 43.4. The van der Waals surface area contributed by atoms with Gasteiger partial charge in [-0.25, -0.2) is 8.42 Å². The van der Waals surface area contributed by atoms with Crippen LogP contribution in [0.5, 0.6) is 11.5 Å². The summed E-state index contributed by atoms with van der Waals surface area (Å²) in [6.07, 6.45) is 0.0810. The first-order chi connectivity index (χ1) is 16.4. The molecule has 0 unspecified atom stereocenters. The highest BCUT2D eigenvalue weighted by atomic mass is 32.2. The molecule has 0 saturated carbocycles. The van der Waals surface area contributed by atoms with E-state index >= 15 is 0 Å². The van der Waals surface area contributed by atoms with Gasteiger partial charge in [0.1, 0.15) is 17.7 Å². The van der Waals surface area contributed by atoms with Gasteiger partial charge in [-0.05, 0) is 48.7 Å². The number of benzene rings is 2. The van der Waals surface area contributed by atoms with Crippen molar-refractivity contribution < 1.29 is 32.2 Å². The van der Waals surface area contributed by atoms with Crippen LogP contribution in [0.2, 0.25) is 0 Å². The average Bonchev–Trinajstić information content (AvgIpc) is 2.87. The van der Waals surface area contributed by atoms with E-state index in [2.05, 4.69) is 10.6 Å². The van der Waals surface area contributed by atoms with Crippen LogP contribution < -0.4 is 20.1 Å². The van der Waals surface area contributed by atoms with E-state index in [0.29, 0.717) is 30.9 Å². The maximum Gasteiger partial charge on any atom is 0.309 e. The van der Waals surface area contributed by atoms with Gasteiger partial charge in [0.15, 0.2) is 0 Å². The van der Waals surface area contributed by atoms with Crippen LogP contribution in [0.3, 0.4) is 0 Å². The molecule has 1 aliphatic rings. The second-order valence-corrected chi connectivity index (χ2v) is 9.39. The number of sulfonamides is 1. The molecule has 1 saturated heterocycles. The average molecular weight is 492 g/mol. The van der Waals surface area contributed by atoms with E-state index in [0.717, 1.165) is 5.56 Å². The minimum atomic E-state index is -3.87. The largest absolute Gasteiger partial charge is 0.497 e. The monoisotopic (exact) mass is 491 g/mol. The number of carbonyl (C=O) groups excluding carboxylic acids is 2. The molecule has 11 heteroatoms. The zero-order chi connectivity index (χ0) is 24.6. The van der Waals surface area contributed by atoms with E-state index in [1.165, 1.54) is 23.5 Å². The SMILES string of the molecule is COc1ccc(S(=O)(=O)N2CCCO[C@@H]2CNC(=O)C(=O)NCCc2ccccc2OC)cc1. The van der Waals surface area contributed by atoms with Crippen molar-refractivity contribution in [2.45, 2.75) is 24.0 Å². The fourth-order valence-electron chi connectivity index (χ4n) is 3.55. The lowest BCUT2D eigenvalue weighted by Gasteiger charge is -2.34. The summed E-state index contributed by atoms with van der Waals surface area (Å²) in [4.78, 5) is 24.5. The molecular formula is C23H29N3O7S. The second-order valence-electron chi connectivity index (χ2n) is 7.50. The van der Waals surface area contributed by atoms with Crippen molar-refractivity contribution in [3.8, 4) is 11.5 Å². The lowest BCUT2D eigenvalue weighted by atomic mass is 10.1. The molecule has 0 aliphatic carbocycles. The smallest absolute Gasteiger partial charge is 0.309 e. The highest BCUT2D eigenvalue weighted by Crippen LogP contribution is 2.24. The van der Waals surface area contributed by atoms with Crippen LogP contribution in [0.25, 0.3) is 0 Å². The van der Waals surface area contributed by atoms with Gasteiger partial charge in [0.2, 0.25) is 10.0 Å². The van der Waals surface area contributed by atoms with Crippen LogP contribution in [0, 0.1) is 0 Å². The topological polar surface area (TPSA) is 123 Å². The summed E-state index contributed by atoms with van der Waals surface area (Å²) >= 11 is 0. The van der Waals surface area contributed by atoms with Gasteiger partial charge in [0.25, 0.3) is 0 Å². The number of methoxy groups -OCH3 is 2. The Hall–Kier alpha value is -3.15. The number of carbonyl (C=O) groups is 2. The molecule has 10 nitrogen and oxygen atoms in total. The summed E-state index contributed by atoms with van der Waals surface area (Å²) in [5, 5.41) is 5.03. The maximum absolute atomic E-state index is 13.1. The Bertz CT molecular complexity index is 1090. The Kier molecular flexibility index (Phi) is 8.85. The van der Waals surface area contributed by atoms with Gasteiger partial charge >= 0.3 is 11.8 Å². The van der Waals surface area contributed by atoms with Gasteiger partial charge < -0.3 is 24.8 Å². The third-order valence-corrected chi connectivity index (χ3v) is 7.24. The van der Waals surface area contributed by atoms with Crippen molar-refractivity contribution in [1.29, 1.82) is 0 Å². The standard InChI is InChI=1S/C23H29N3O7S/c1-31-18-8-10-19(11-9-18)34(29,30)26-14-5-15-33-21(26)16-25-23(28)22(27)24-13-12-17-6-3-4-7-20(17)32-2/h3-4,6-11,21H,5,12-16H2,1-2H3,(H,24,27)(H,25,28)/t21-/m1/s1. The second kappa shape index (κ2) is 11.8. The highest BCUT2D eigenvalue weighted by Gasteiger charge is 2.35. The maximum atomic E-state index is 13.1. The number of hydrogen-bond donors (Lipinski definition) is 2. The number of rotatable bonds is 9. The third kappa shape index (κ3) is 6.25. The molecule has 1 fully saturated rings. The first-order valence-corrected chi connectivity index (χ1v) is 12.3. The molecule has 2 N–H and O–H groups in total. The predicted molar refractivity (Wildman–Crippen MR) is 124 cm³/mol. The minimum Gasteiger partial charge on any atom is -0.497 e. The molecule has 0 spiro atoms. The molecule has 0 aromatic heterocycles. The molecule has 3 rings (SSSR count). The van der Waals surface area contributed by atoms with E-state index < -0.39 is 28.1 Å². The first kappa shape index (κ1) is 25.5. The highest BCUT2D eigenvalue weighted by molar-refractivity contribution is 7.89. The van der Waals surface area contributed by atoms with E-state index in [9.17, 15) is 18.0 Å². The molecular weight excluding hydrogens is 462 g/mol. The van der Waals surface area contributed by atoms with Crippen LogP contribution >= 0.6 is 0 Å². The van der Waals surface area contributed by atoms with Crippen LogP contribution in [0.4, 0.5) is 0 Å². The quantitative estimate of drug-likeness (QED) is 0.500. The Morgan fingerprint density at radius 1 is 1.03 bits per heavy atom. The number of hydrogen-bond acceptors (Lipinski definition) is 7. The molecule has 0 radical (unpaired) electrons. The zero-order valence-electron chi connectivity index (χ0n) is 19.2. The van der Waals surface area contributed by atoms with E-state index in [-0.39, 0.29) is 24.5 Å². The molecule has 1 aliphatic heterocycles. The van der Waals surface area contributed by atoms with Gasteiger partial charge in [-0.3, -0.25) is 9.59 Å². The van der Waals surface area contributed by atoms with Crippen molar-refractivity contribution >= 4 is 21.8 Å².